The molecular weight excluding hydrogens is 184 g/mol. The molecule has 0 aromatic carbocycles. The quantitative estimate of drug-likeness (QED) is 0.545. The molecule has 1 unspecified atom stereocenters. The van der Waals surface area contributed by atoms with E-state index in [1.165, 1.54) is 4.68 Å². The third-order valence-corrected chi connectivity index (χ3v) is 2.14. The highest BCUT2D eigenvalue weighted by Gasteiger charge is 2.23. The van der Waals surface area contributed by atoms with E-state index in [2.05, 4.69) is 10.1 Å². The van der Waals surface area contributed by atoms with E-state index >= 15 is 0 Å². The summed E-state index contributed by atoms with van der Waals surface area (Å²) in [6, 6.07) is 0.0169. The summed E-state index contributed by atoms with van der Waals surface area (Å²) < 4.78 is 1.39. The minimum Gasteiger partial charge on any atom is -0.390 e. The second-order valence-electron chi connectivity index (χ2n) is 3.14. The molecule has 1 atom stereocenters. The molecule has 6 nitrogen and oxygen atoms in total. The zero-order valence-electron chi connectivity index (χ0n) is 8.60. The fourth-order valence-corrected chi connectivity index (χ4v) is 1.10. The molecule has 78 valence electrons. The Labute approximate surface area is 82.1 Å². The molecule has 1 aromatic heterocycles. The highest BCUT2D eigenvalue weighted by molar-refractivity contribution is 5.07. The highest BCUT2D eigenvalue weighted by Crippen LogP contribution is 2.17. The van der Waals surface area contributed by atoms with Crippen LogP contribution in [0.3, 0.4) is 0 Å². The first-order chi connectivity index (χ1) is 6.60. The maximum atomic E-state index is 10.7. The standard InChI is InChI=1S/C8H14N4O2/c1-4-6(3)11-8(12(13)14)9-7(5-2)10-11/h6H,4-5H2,1-3H3. The van der Waals surface area contributed by atoms with Crippen molar-refractivity contribution >= 4 is 5.95 Å². The summed E-state index contributed by atoms with van der Waals surface area (Å²) in [5.74, 6) is 0.369. The molecule has 1 heterocycles. The predicted octanol–water partition coefficient (Wildman–Crippen LogP) is 1.72. The van der Waals surface area contributed by atoms with Gasteiger partial charge >= 0.3 is 5.95 Å². The molecule has 0 N–H and O–H groups in total. The van der Waals surface area contributed by atoms with Crippen molar-refractivity contribution in [1.29, 1.82) is 0 Å². The summed E-state index contributed by atoms with van der Waals surface area (Å²) in [6.45, 7) is 5.73. The van der Waals surface area contributed by atoms with Crippen LogP contribution in [0.4, 0.5) is 5.95 Å². The van der Waals surface area contributed by atoms with Gasteiger partial charge in [-0.25, -0.2) is 0 Å². The van der Waals surface area contributed by atoms with Gasteiger partial charge in [0.05, 0.1) is 0 Å². The van der Waals surface area contributed by atoms with Gasteiger partial charge in [0.2, 0.25) is 5.82 Å². The van der Waals surface area contributed by atoms with E-state index in [-0.39, 0.29) is 12.0 Å². The van der Waals surface area contributed by atoms with Crippen molar-refractivity contribution in [3.63, 3.8) is 0 Å². The zero-order chi connectivity index (χ0) is 10.7. The summed E-state index contributed by atoms with van der Waals surface area (Å²) in [5, 5.41) is 14.7. The van der Waals surface area contributed by atoms with Gasteiger partial charge in [-0.05, 0) is 23.3 Å². The maximum Gasteiger partial charge on any atom is 0.456 e. The molecular formula is C8H14N4O2. The first-order valence-corrected chi connectivity index (χ1v) is 4.69. The summed E-state index contributed by atoms with van der Waals surface area (Å²) in [5.41, 5.74) is 0. The summed E-state index contributed by atoms with van der Waals surface area (Å²) in [6.07, 6.45) is 1.41. The lowest BCUT2D eigenvalue weighted by atomic mass is 10.3. The molecule has 6 heteroatoms. The van der Waals surface area contributed by atoms with Crippen molar-refractivity contribution in [2.24, 2.45) is 0 Å². The molecule has 0 amide bonds. The van der Waals surface area contributed by atoms with Crippen LogP contribution in [0.5, 0.6) is 0 Å². The average molecular weight is 198 g/mol. The Hall–Kier alpha value is -1.46. The number of rotatable bonds is 4. The van der Waals surface area contributed by atoms with Crippen LogP contribution in [0.1, 0.15) is 39.1 Å². The third kappa shape index (κ3) is 1.89. The Morgan fingerprint density at radius 2 is 2.21 bits per heavy atom. The Bertz CT molecular complexity index is 334. The van der Waals surface area contributed by atoms with Gasteiger partial charge in [0.15, 0.2) is 0 Å². The molecule has 0 spiro atoms. The first kappa shape index (κ1) is 10.6. The van der Waals surface area contributed by atoms with Crippen LogP contribution in [-0.4, -0.2) is 19.7 Å². The van der Waals surface area contributed by atoms with Gasteiger partial charge in [-0.3, -0.25) is 0 Å². The molecule has 0 aliphatic rings. The van der Waals surface area contributed by atoms with E-state index < -0.39 is 4.92 Å². The second kappa shape index (κ2) is 4.17. The lowest BCUT2D eigenvalue weighted by Gasteiger charge is -2.04. The fourth-order valence-electron chi connectivity index (χ4n) is 1.10. The van der Waals surface area contributed by atoms with E-state index in [1.807, 2.05) is 20.8 Å². The van der Waals surface area contributed by atoms with Crippen molar-refractivity contribution in [2.75, 3.05) is 0 Å². The van der Waals surface area contributed by atoms with Crippen LogP contribution in [0.15, 0.2) is 0 Å². The molecule has 1 rings (SSSR count). The molecule has 0 bridgehead atoms. The summed E-state index contributed by atoms with van der Waals surface area (Å²) >= 11 is 0. The minimum atomic E-state index is -0.488. The van der Waals surface area contributed by atoms with Gasteiger partial charge in [-0.2, -0.15) is 0 Å². The third-order valence-electron chi connectivity index (χ3n) is 2.14. The van der Waals surface area contributed by atoms with Gasteiger partial charge in [0.1, 0.15) is 6.04 Å². The molecule has 0 fully saturated rings. The van der Waals surface area contributed by atoms with E-state index in [0.29, 0.717) is 12.2 Å². The number of hydrogen-bond acceptors (Lipinski definition) is 4. The fraction of sp³-hybridized carbons (Fsp3) is 0.750. The Balaban J connectivity index is 3.12. The van der Waals surface area contributed by atoms with Crippen LogP contribution < -0.4 is 0 Å². The van der Waals surface area contributed by atoms with Gasteiger partial charge in [-0.1, -0.05) is 18.9 Å². The van der Waals surface area contributed by atoms with Crippen LogP contribution in [0, 0.1) is 10.1 Å². The predicted molar refractivity (Wildman–Crippen MR) is 51.1 cm³/mol. The van der Waals surface area contributed by atoms with Crippen LogP contribution >= 0.6 is 0 Å². The molecule has 0 saturated carbocycles. The Morgan fingerprint density at radius 1 is 1.57 bits per heavy atom. The van der Waals surface area contributed by atoms with Gasteiger partial charge in [0.25, 0.3) is 0 Å². The van der Waals surface area contributed by atoms with E-state index in [1.54, 1.807) is 0 Å². The Kier molecular flexibility index (Phi) is 3.16. The number of aromatic nitrogens is 3. The van der Waals surface area contributed by atoms with Crippen molar-refractivity contribution in [3.8, 4) is 0 Å². The van der Waals surface area contributed by atoms with Crippen LogP contribution in [-0.2, 0) is 6.42 Å². The van der Waals surface area contributed by atoms with Crippen molar-refractivity contribution < 1.29 is 4.92 Å². The van der Waals surface area contributed by atoms with Crippen molar-refractivity contribution in [3.05, 3.63) is 15.9 Å². The molecule has 1 aromatic rings. The molecule has 0 saturated heterocycles. The van der Waals surface area contributed by atoms with Crippen molar-refractivity contribution in [1.82, 2.24) is 14.8 Å². The normalized spacial score (nSPS) is 12.8. The van der Waals surface area contributed by atoms with Crippen molar-refractivity contribution in [2.45, 2.75) is 39.7 Å². The summed E-state index contributed by atoms with van der Waals surface area (Å²) in [4.78, 5) is 14.0. The summed E-state index contributed by atoms with van der Waals surface area (Å²) in [7, 11) is 0. The monoisotopic (exact) mass is 198 g/mol. The Morgan fingerprint density at radius 3 is 2.64 bits per heavy atom. The van der Waals surface area contributed by atoms with Gasteiger partial charge in [-0.15, -0.1) is 4.68 Å². The average Bonchev–Trinajstić information content (AvgIpc) is 2.60. The number of nitrogens with zero attached hydrogens (tertiary/aromatic N) is 4. The topological polar surface area (TPSA) is 73.8 Å². The van der Waals surface area contributed by atoms with E-state index in [9.17, 15) is 10.1 Å². The number of aryl methyl sites for hydroxylation is 1. The highest BCUT2D eigenvalue weighted by atomic mass is 16.6. The largest absolute Gasteiger partial charge is 0.456 e. The first-order valence-electron chi connectivity index (χ1n) is 4.69. The van der Waals surface area contributed by atoms with Crippen LogP contribution in [0.25, 0.3) is 0 Å². The number of nitro groups is 1. The molecule has 0 aliphatic carbocycles. The SMILES string of the molecule is CCc1nc([N+](=O)[O-])n(C(C)CC)n1. The van der Waals surface area contributed by atoms with Gasteiger partial charge in [0, 0.05) is 6.42 Å². The molecule has 14 heavy (non-hydrogen) atoms. The molecule has 0 aliphatic heterocycles. The maximum absolute atomic E-state index is 10.7. The van der Waals surface area contributed by atoms with Crippen LogP contribution in [0.2, 0.25) is 0 Å². The zero-order valence-corrected chi connectivity index (χ0v) is 8.60. The lowest BCUT2D eigenvalue weighted by molar-refractivity contribution is -0.397. The minimum absolute atomic E-state index is 0.0169. The number of hydrogen-bond donors (Lipinski definition) is 0. The molecule has 0 radical (unpaired) electrons. The smallest absolute Gasteiger partial charge is 0.390 e. The van der Waals surface area contributed by atoms with E-state index in [4.69, 9.17) is 0 Å². The lowest BCUT2D eigenvalue weighted by Crippen LogP contribution is -2.09. The van der Waals surface area contributed by atoms with E-state index in [0.717, 1.165) is 6.42 Å². The second-order valence-corrected chi connectivity index (χ2v) is 3.14. The van der Waals surface area contributed by atoms with Gasteiger partial charge < -0.3 is 10.1 Å².